The van der Waals surface area contributed by atoms with Crippen molar-refractivity contribution >= 4 is 17.7 Å². The minimum atomic E-state index is -1.04. The number of aromatic nitrogens is 1. The number of ether oxygens (including phenoxy) is 2. The molecule has 1 aliphatic rings. The number of hydrogen-bond acceptors (Lipinski definition) is 5. The van der Waals surface area contributed by atoms with Gasteiger partial charge in [-0.2, -0.15) is 0 Å². The fourth-order valence-corrected chi connectivity index (χ4v) is 2.20. The number of pyridine rings is 1. The van der Waals surface area contributed by atoms with E-state index in [0.717, 1.165) is 0 Å². The molecule has 1 aromatic rings. The monoisotopic (exact) mass is 295 g/mol. The number of aliphatic carboxylic acids is 1. The molecule has 8 heteroatoms. The van der Waals surface area contributed by atoms with Crippen molar-refractivity contribution in [3.05, 3.63) is 18.3 Å². The maximum atomic E-state index is 12.2. The van der Waals surface area contributed by atoms with Gasteiger partial charge in [0.15, 0.2) is 0 Å². The van der Waals surface area contributed by atoms with Gasteiger partial charge in [-0.15, -0.1) is 0 Å². The molecule has 8 nitrogen and oxygen atoms in total. The van der Waals surface area contributed by atoms with Crippen LogP contribution in [0.3, 0.4) is 0 Å². The lowest BCUT2D eigenvalue weighted by molar-refractivity contribution is -0.141. The van der Waals surface area contributed by atoms with Crippen LogP contribution in [0.4, 0.5) is 10.5 Å². The molecule has 1 aliphatic heterocycles. The summed E-state index contributed by atoms with van der Waals surface area (Å²) in [6.07, 6.45) is 1.45. The van der Waals surface area contributed by atoms with Crippen LogP contribution in [-0.4, -0.2) is 59.9 Å². The van der Waals surface area contributed by atoms with Crippen molar-refractivity contribution in [3.63, 3.8) is 0 Å². The Kier molecular flexibility index (Phi) is 4.59. The van der Waals surface area contributed by atoms with Crippen molar-refractivity contribution in [2.45, 2.75) is 18.6 Å². The van der Waals surface area contributed by atoms with Gasteiger partial charge in [0.25, 0.3) is 0 Å². The molecule has 0 aliphatic carbocycles. The van der Waals surface area contributed by atoms with Gasteiger partial charge in [-0.05, 0) is 6.07 Å². The van der Waals surface area contributed by atoms with E-state index in [9.17, 15) is 14.7 Å². The average Bonchev–Trinajstić information content (AvgIpc) is 2.92. The summed E-state index contributed by atoms with van der Waals surface area (Å²) in [6, 6.07) is 1.85. The minimum Gasteiger partial charge on any atom is -0.481 e. The first-order chi connectivity index (χ1) is 10.0. The second-order valence-corrected chi connectivity index (χ2v) is 4.62. The van der Waals surface area contributed by atoms with E-state index >= 15 is 0 Å². The number of anilines is 1. The molecule has 114 valence electrons. The second-order valence-electron chi connectivity index (χ2n) is 4.62. The summed E-state index contributed by atoms with van der Waals surface area (Å²) in [7, 11) is 2.99. The molecule has 2 rings (SSSR count). The number of methoxy groups -OCH3 is 2. The number of hydrogen-bond donors (Lipinski definition) is 2. The van der Waals surface area contributed by atoms with Crippen LogP contribution in [0.5, 0.6) is 5.88 Å². The van der Waals surface area contributed by atoms with E-state index < -0.39 is 18.0 Å². The highest BCUT2D eigenvalue weighted by Gasteiger charge is 2.39. The highest BCUT2D eigenvalue weighted by molar-refractivity contribution is 5.92. The molecule has 0 aromatic carbocycles. The fourth-order valence-electron chi connectivity index (χ4n) is 2.20. The van der Waals surface area contributed by atoms with Crippen LogP contribution in [0.25, 0.3) is 0 Å². The van der Waals surface area contributed by atoms with Gasteiger partial charge in [-0.25, -0.2) is 14.6 Å². The molecule has 2 N–H and O–H groups in total. The van der Waals surface area contributed by atoms with E-state index in [0.29, 0.717) is 11.6 Å². The zero-order valence-electron chi connectivity index (χ0n) is 11.8. The number of amides is 2. The maximum Gasteiger partial charge on any atom is 0.326 e. The number of nitrogens with zero attached hydrogens (tertiary/aromatic N) is 2. The van der Waals surface area contributed by atoms with Gasteiger partial charge >= 0.3 is 12.0 Å². The van der Waals surface area contributed by atoms with Crippen LogP contribution in [0.1, 0.15) is 6.42 Å². The number of carbonyl (C=O) groups excluding carboxylic acids is 1. The lowest BCUT2D eigenvalue weighted by Gasteiger charge is -2.21. The summed E-state index contributed by atoms with van der Waals surface area (Å²) < 4.78 is 10.1. The number of carbonyl (C=O) groups is 2. The minimum absolute atomic E-state index is 0.239. The van der Waals surface area contributed by atoms with E-state index in [1.807, 2.05) is 0 Å². The summed E-state index contributed by atoms with van der Waals surface area (Å²) in [5.74, 6) is -0.616. The molecule has 2 unspecified atom stereocenters. The number of rotatable bonds is 4. The topological polar surface area (TPSA) is 101 Å². The third-order valence-electron chi connectivity index (χ3n) is 3.34. The van der Waals surface area contributed by atoms with Crippen molar-refractivity contribution in [3.8, 4) is 5.88 Å². The quantitative estimate of drug-likeness (QED) is 0.852. The van der Waals surface area contributed by atoms with Gasteiger partial charge in [0.05, 0.1) is 25.1 Å². The third kappa shape index (κ3) is 3.40. The molecule has 2 heterocycles. The van der Waals surface area contributed by atoms with Crippen LogP contribution in [0.2, 0.25) is 0 Å². The highest BCUT2D eigenvalue weighted by Crippen LogP contribution is 2.21. The molecular weight excluding hydrogens is 278 g/mol. The Morgan fingerprint density at radius 3 is 2.71 bits per heavy atom. The molecule has 21 heavy (non-hydrogen) atoms. The van der Waals surface area contributed by atoms with Crippen LogP contribution in [0, 0.1) is 0 Å². The Morgan fingerprint density at radius 2 is 2.19 bits per heavy atom. The van der Waals surface area contributed by atoms with Gasteiger partial charge < -0.3 is 24.8 Å². The number of nitrogens with one attached hydrogen (secondary N) is 1. The van der Waals surface area contributed by atoms with E-state index in [1.165, 1.54) is 25.3 Å². The molecule has 2 atom stereocenters. The molecule has 0 radical (unpaired) electrons. The summed E-state index contributed by atoms with van der Waals surface area (Å²) >= 11 is 0. The van der Waals surface area contributed by atoms with Gasteiger partial charge in [0.2, 0.25) is 5.88 Å². The predicted octanol–water partition coefficient (Wildman–Crippen LogP) is 0.796. The SMILES string of the molecule is COc1ccc(NC(=O)N2CC(OC)CC2C(=O)O)cn1. The number of likely N-dealkylation sites (tertiary alicyclic amines) is 1. The van der Waals surface area contributed by atoms with Crippen LogP contribution in [-0.2, 0) is 9.53 Å². The Bertz CT molecular complexity index is 519. The molecule has 2 amide bonds. The fraction of sp³-hybridized carbons (Fsp3) is 0.462. The molecular formula is C13H17N3O5. The molecule has 1 fully saturated rings. The first-order valence-corrected chi connectivity index (χ1v) is 6.38. The van der Waals surface area contributed by atoms with Crippen LogP contribution in [0.15, 0.2) is 18.3 Å². The Labute approximate surface area is 121 Å². The summed E-state index contributed by atoms with van der Waals surface area (Å²) in [5, 5.41) is 11.8. The predicted molar refractivity (Wildman–Crippen MR) is 73.4 cm³/mol. The first kappa shape index (κ1) is 15.0. The average molecular weight is 295 g/mol. The number of carboxylic acid groups (broad SMARTS) is 1. The van der Waals surface area contributed by atoms with Gasteiger partial charge in [0.1, 0.15) is 6.04 Å². The van der Waals surface area contributed by atoms with E-state index in [1.54, 1.807) is 12.1 Å². The number of carboxylic acids is 1. The van der Waals surface area contributed by atoms with Crippen molar-refractivity contribution in [1.82, 2.24) is 9.88 Å². The van der Waals surface area contributed by atoms with Crippen molar-refractivity contribution in [2.24, 2.45) is 0 Å². The summed E-state index contributed by atoms with van der Waals surface area (Å²) in [6.45, 7) is 0.239. The molecule has 0 spiro atoms. The maximum absolute atomic E-state index is 12.2. The number of urea groups is 1. The highest BCUT2D eigenvalue weighted by atomic mass is 16.5. The van der Waals surface area contributed by atoms with E-state index in [-0.39, 0.29) is 19.1 Å². The summed E-state index contributed by atoms with van der Waals surface area (Å²) in [4.78, 5) is 28.6. The Hall–Kier alpha value is -2.35. The molecule has 0 saturated carbocycles. The first-order valence-electron chi connectivity index (χ1n) is 6.38. The standard InChI is InChI=1S/C13H17N3O5/c1-20-9-5-10(12(17)18)16(7-9)13(19)15-8-3-4-11(21-2)14-6-8/h3-4,6,9-10H,5,7H2,1-2H3,(H,15,19)(H,17,18). The Morgan fingerprint density at radius 1 is 1.43 bits per heavy atom. The van der Waals surface area contributed by atoms with Gasteiger partial charge in [-0.1, -0.05) is 0 Å². The van der Waals surface area contributed by atoms with Gasteiger partial charge in [-0.3, -0.25) is 0 Å². The van der Waals surface area contributed by atoms with Crippen molar-refractivity contribution < 1.29 is 24.2 Å². The summed E-state index contributed by atoms with van der Waals surface area (Å²) in [5.41, 5.74) is 0.464. The van der Waals surface area contributed by atoms with E-state index in [4.69, 9.17) is 9.47 Å². The lowest BCUT2D eigenvalue weighted by atomic mass is 10.2. The lowest BCUT2D eigenvalue weighted by Crippen LogP contribution is -2.43. The Balaban J connectivity index is 2.05. The van der Waals surface area contributed by atoms with Crippen molar-refractivity contribution in [1.29, 1.82) is 0 Å². The molecule has 0 bridgehead atoms. The van der Waals surface area contributed by atoms with Gasteiger partial charge in [0, 0.05) is 26.1 Å². The molecule has 1 saturated heterocycles. The van der Waals surface area contributed by atoms with Crippen molar-refractivity contribution in [2.75, 3.05) is 26.1 Å². The largest absolute Gasteiger partial charge is 0.481 e. The zero-order chi connectivity index (χ0) is 15.4. The second kappa shape index (κ2) is 6.40. The third-order valence-corrected chi connectivity index (χ3v) is 3.34. The smallest absolute Gasteiger partial charge is 0.326 e. The van der Waals surface area contributed by atoms with Crippen LogP contribution >= 0.6 is 0 Å². The zero-order valence-corrected chi connectivity index (χ0v) is 11.8. The van der Waals surface area contributed by atoms with E-state index in [2.05, 4.69) is 10.3 Å². The molecule has 1 aromatic heterocycles. The van der Waals surface area contributed by atoms with Crippen LogP contribution < -0.4 is 10.1 Å². The normalized spacial score (nSPS) is 21.1.